The average molecular weight is 404 g/mol. The summed E-state index contributed by atoms with van der Waals surface area (Å²) >= 11 is 0. The average Bonchev–Trinajstić information content (AvgIpc) is 3.49. The lowest BCUT2D eigenvalue weighted by atomic mass is 10.2. The van der Waals surface area contributed by atoms with E-state index in [1.54, 1.807) is 12.1 Å². The molecule has 3 rings (SSSR count). The molecule has 0 atom stereocenters. The predicted molar refractivity (Wildman–Crippen MR) is 104 cm³/mol. The number of nitro benzene ring substituents is 1. The summed E-state index contributed by atoms with van der Waals surface area (Å²) in [6.07, 6.45) is 1.71. The van der Waals surface area contributed by atoms with E-state index in [1.165, 1.54) is 36.4 Å². The van der Waals surface area contributed by atoms with Gasteiger partial charge in [-0.2, -0.15) is 0 Å². The van der Waals surface area contributed by atoms with Gasteiger partial charge in [0, 0.05) is 42.5 Å². The van der Waals surface area contributed by atoms with Gasteiger partial charge in [0.1, 0.15) is 0 Å². The molecule has 1 aliphatic carbocycles. The first kappa shape index (κ1) is 19.8. The molecule has 2 aromatic rings. The first-order valence-corrected chi connectivity index (χ1v) is 10.2. The van der Waals surface area contributed by atoms with Gasteiger partial charge in [-0.05, 0) is 49.2 Å². The van der Waals surface area contributed by atoms with Crippen molar-refractivity contribution in [2.24, 2.45) is 0 Å². The van der Waals surface area contributed by atoms with Crippen LogP contribution in [0.5, 0.6) is 0 Å². The number of sulfonamides is 1. The summed E-state index contributed by atoms with van der Waals surface area (Å²) in [6, 6.07) is 11.8. The second-order valence-corrected chi connectivity index (χ2v) is 8.12. The fourth-order valence-corrected chi connectivity index (χ4v) is 3.77. The second kappa shape index (κ2) is 8.36. The van der Waals surface area contributed by atoms with Crippen LogP contribution < -0.4 is 15.4 Å². The molecule has 0 bridgehead atoms. The molecule has 0 heterocycles. The van der Waals surface area contributed by atoms with Crippen molar-refractivity contribution in [3.05, 3.63) is 64.2 Å². The lowest BCUT2D eigenvalue weighted by Gasteiger charge is -2.09. The number of benzene rings is 2. The lowest BCUT2D eigenvalue weighted by Crippen LogP contribution is -2.29. The highest BCUT2D eigenvalue weighted by atomic mass is 32.2. The fraction of sp³-hybridized carbons (Fsp3) is 0.278. The van der Waals surface area contributed by atoms with Crippen LogP contribution in [0.4, 0.5) is 11.4 Å². The highest BCUT2D eigenvalue weighted by Gasteiger charge is 2.27. The summed E-state index contributed by atoms with van der Waals surface area (Å²) < 4.78 is 26.8. The number of rotatable bonds is 9. The van der Waals surface area contributed by atoms with E-state index in [4.69, 9.17) is 0 Å². The summed E-state index contributed by atoms with van der Waals surface area (Å²) in [6.45, 7) is 0.764. The molecule has 0 radical (unpaired) electrons. The maximum atomic E-state index is 12.1. The summed E-state index contributed by atoms with van der Waals surface area (Å²) in [5, 5.41) is 16.4. The van der Waals surface area contributed by atoms with Gasteiger partial charge in [0.25, 0.3) is 11.6 Å². The van der Waals surface area contributed by atoms with E-state index in [-0.39, 0.29) is 22.5 Å². The number of nitrogens with one attached hydrogen (secondary N) is 3. The maximum absolute atomic E-state index is 12.1. The zero-order valence-electron chi connectivity index (χ0n) is 14.9. The number of nitrogens with zero attached hydrogens (tertiary/aromatic N) is 1. The number of non-ortho nitro benzene ring substituents is 1. The molecule has 28 heavy (non-hydrogen) atoms. The number of nitro groups is 1. The second-order valence-electron chi connectivity index (χ2n) is 6.41. The summed E-state index contributed by atoms with van der Waals surface area (Å²) in [7, 11) is -3.53. The molecule has 1 aliphatic rings. The number of amides is 1. The van der Waals surface area contributed by atoms with Gasteiger partial charge in [0.05, 0.1) is 9.82 Å². The molecular weight excluding hydrogens is 384 g/mol. The Kier molecular flexibility index (Phi) is 5.90. The van der Waals surface area contributed by atoms with Crippen LogP contribution in [0.25, 0.3) is 0 Å². The van der Waals surface area contributed by atoms with Gasteiger partial charge >= 0.3 is 0 Å². The van der Waals surface area contributed by atoms with E-state index in [9.17, 15) is 23.3 Å². The molecule has 0 unspecified atom stereocenters. The zero-order valence-corrected chi connectivity index (χ0v) is 15.7. The van der Waals surface area contributed by atoms with E-state index in [2.05, 4.69) is 15.4 Å². The molecular formula is C18H20N4O5S. The molecule has 0 spiro atoms. The SMILES string of the molecule is O=C(NCCNc1ccc([N+](=O)[O-])cc1)c1ccc(S(=O)(=O)NC2CC2)cc1. The lowest BCUT2D eigenvalue weighted by molar-refractivity contribution is -0.384. The van der Waals surface area contributed by atoms with Crippen molar-refractivity contribution < 1.29 is 18.1 Å². The van der Waals surface area contributed by atoms with Gasteiger partial charge in [0.2, 0.25) is 10.0 Å². The van der Waals surface area contributed by atoms with E-state index >= 15 is 0 Å². The summed E-state index contributed by atoms with van der Waals surface area (Å²) in [5.74, 6) is -0.315. The third kappa shape index (κ3) is 5.27. The van der Waals surface area contributed by atoms with Crippen LogP contribution in [0.1, 0.15) is 23.2 Å². The van der Waals surface area contributed by atoms with Crippen molar-refractivity contribution in [2.75, 3.05) is 18.4 Å². The Labute approximate surface area is 162 Å². The highest BCUT2D eigenvalue weighted by Crippen LogP contribution is 2.22. The Morgan fingerprint density at radius 3 is 2.25 bits per heavy atom. The van der Waals surface area contributed by atoms with Gasteiger partial charge in [0.15, 0.2) is 0 Å². The first-order valence-electron chi connectivity index (χ1n) is 8.74. The summed E-state index contributed by atoms with van der Waals surface area (Å²) in [5.41, 5.74) is 1.08. The topological polar surface area (TPSA) is 130 Å². The van der Waals surface area contributed by atoms with E-state index in [0.29, 0.717) is 24.3 Å². The molecule has 9 nitrogen and oxygen atoms in total. The Morgan fingerprint density at radius 1 is 1.04 bits per heavy atom. The van der Waals surface area contributed by atoms with Gasteiger partial charge in [-0.3, -0.25) is 14.9 Å². The van der Waals surface area contributed by atoms with Crippen LogP contribution in [0.15, 0.2) is 53.4 Å². The minimum atomic E-state index is -3.53. The van der Waals surface area contributed by atoms with Gasteiger partial charge < -0.3 is 10.6 Å². The fourth-order valence-electron chi connectivity index (χ4n) is 2.46. The third-order valence-electron chi connectivity index (χ3n) is 4.14. The number of hydrogen-bond acceptors (Lipinski definition) is 6. The standard InChI is InChI=1S/C18H20N4O5S/c23-18(20-12-11-19-14-5-7-16(8-6-14)22(24)25)13-1-9-17(10-2-13)28(26,27)21-15-3-4-15/h1-2,5-10,15,19,21H,3-4,11-12H2,(H,20,23). The molecule has 148 valence electrons. The minimum Gasteiger partial charge on any atom is -0.383 e. The van der Waals surface area contributed by atoms with Crippen LogP contribution in [0, 0.1) is 10.1 Å². The normalized spacial score (nSPS) is 13.7. The van der Waals surface area contributed by atoms with Gasteiger partial charge in [-0.25, -0.2) is 13.1 Å². The smallest absolute Gasteiger partial charge is 0.269 e. The highest BCUT2D eigenvalue weighted by molar-refractivity contribution is 7.89. The minimum absolute atomic E-state index is 0.0108. The quantitative estimate of drug-likeness (QED) is 0.332. The Balaban J connectivity index is 1.46. The molecule has 10 heteroatoms. The number of carbonyl (C=O) groups excluding carboxylic acids is 1. The van der Waals surface area contributed by atoms with Crippen molar-refractivity contribution in [3.63, 3.8) is 0 Å². The first-order chi connectivity index (χ1) is 13.3. The van der Waals surface area contributed by atoms with Gasteiger partial charge in [-0.1, -0.05) is 0 Å². The largest absolute Gasteiger partial charge is 0.383 e. The Hall–Kier alpha value is -2.98. The van der Waals surface area contributed by atoms with Crippen molar-refractivity contribution in [1.29, 1.82) is 0 Å². The van der Waals surface area contributed by atoms with E-state index < -0.39 is 14.9 Å². The van der Waals surface area contributed by atoms with E-state index in [1.807, 2.05) is 0 Å². The van der Waals surface area contributed by atoms with Crippen LogP contribution in [0.3, 0.4) is 0 Å². The maximum Gasteiger partial charge on any atom is 0.269 e. The van der Waals surface area contributed by atoms with Crippen LogP contribution in [-0.2, 0) is 10.0 Å². The summed E-state index contributed by atoms with van der Waals surface area (Å²) in [4.78, 5) is 22.4. The molecule has 2 aromatic carbocycles. The molecule has 0 aromatic heterocycles. The molecule has 1 saturated carbocycles. The molecule has 3 N–H and O–H groups in total. The van der Waals surface area contributed by atoms with Gasteiger partial charge in [-0.15, -0.1) is 0 Å². The van der Waals surface area contributed by atoms with Crippen LogP contribution in [-0.4, -0.2) is 38.4 Å². The van der Waals surface area contributed by atoms with E-state index in [0.717, 1.165) is 12.8 Å². The predicted octanol–water partition coefficient (Wildman–Crippen LogP) is 1.88. The monoisotopic (exact) mass is 404 g/mol. The van der Waals surface area contributed by atoms with Crippen molar-refractivity contribution in [3.8, 4) is 0 Å². The zero-order chi connectivity index (χ0) is 20.1. The Bertz CT molecular complexity index is 954. The number of carbonyl (C=O) groups is 1. The number of anilines is 1. The Morgan fingerprint density at radius 2 is 1.68 bits per heavy atom. The van der Waals surface area contributed by atoms with Crippen molar-refractivity contribution >= 4 is 27.3 Å². The molecule has 1 amide bonds. The van der Waals surface area contributed by atoms with Crippen LogP contribution in [0.2, 0.25) is 0 Å². The molecule has 0 aliphatic heterocycles. The molecule has 1 fully saturated rings. The third-order valence-corrected chi connectivity index (χ3v) is 5.68. The molecule has 0 saturated heterocycles. The van der Waals surface area contributed by atoms with Crippen LogP contribution >= 0.6 is 0 Å². The number of hydrogen-bond donors (Lipinski definition) is 3. The van der Waals surface area contributed by atoms with Crippen molar-refractivity contribution in [2.45, 2.75) is 23.8 Å². The van der Waals surface area contributed by atoms with Crippen molar-refractivity contribution in [1.82, 2.24) is 10.0 Å².